The molecule has 0 atom stereocenters. The van der Waals surface area contributed by atoms with Crippen LogP contribution < -0.4 is 0 Å². The number of carbonyl (C=O) groups is 1. The minimum atomic E-state index is -0.357. The molecule has 0 unspecified atom stereocenters. The van der Waals surface area contributed by atoms with Crippen molar-refractivity contribution in [2.45, 2.75) is 18.6 Å². The lowest BCUT2D eigenvalue weighted by Gasteiger charge is -2.03. The first-order chi connectivity index (χ1) is 8.79. The lowest BCUT2D eigenvalue weighted by atomic mass is 10.3. The summed E-state index contributed by atoms with van der Waals surface area (Å²) in [5, 5.41) is 0.913. The number of esters is 1. The average Bonchev–Trinajstić information content (AvgIpc) is 2.90. The third-order valence-corrected chi connectivity index (χ3v) is 3.67. The number of ether oxygens (including phenoxy) is 1. The van der Waals surface area contributed by atoms with Gasteiger partial charge in [0, 0.05) is 12.4 Å². The van der Waals surface area contributed by atoms with E-state index < -0.39 is 0 Å². The fourth-order valence-electron chi connectivity index (χ4n) is 1.27. The maximum absolute atomic E-state index is 11.7. The quantitative estimate of drug-likeness (QED) is 0.622. The van der Waals surface area contributed by atoms with Gasteiger partial charge in [-0.25, -0.2) is 9.78 Å². The number of hydrogen-bond donors (Lipinski definition) is 0. The van der Waals surface area contributed by atoms with Gasteiger partial charge in [-0.15, -0.1) is 23.1 Å². The molecule has 0 aliphatic carbocycles. The molecule has 0 amide bonds. The number of aromatic nitrogens is 2. The summed E-state index contributed by atoms with van der Waals surface area (Å²) < 4.78 is 5.16. The van der Waals surface area contributed by atoms with Crippen molar-refractivity contribution in [1.82, 2.24) is 9.97 Å². The number of carbonyl (C=O) groups excluding carboxylic acids is 1. The van der Waals surface area contributed by atoms with Crippen LogP contribution in [0, 0.1) is 0 Å². The Morgan fingerprint density at radius 2 is 2.33 bits per heavy atom. The molecule has 0 aliphatic rings. The summed E-state index contributed by atoms with van der Waals surface area (Å²) in [4.78, 5) is 20.8. The summed E-state index contributed by atoms with van der Waals surface area (Å²) in [6.07, 6.45) is 3.24. The second-order valence-electron chi connectivity index (χ2n) is 3.36. The van der Waals surface area contributed by atoms with Crippen LogP contribution in [0.2, 0.25) is 0 Å². The Balaban J connectivity index is 1.92. The highest BCUT2D eigenvalue weighted by Crippen LogP contribution is 2.15. The van der Waals surface area contributed by atoms with Gasteiger partial charge in [-0.3, -0.25) is 4.98 Å². The molecule has 6 heteroatoms. The molecule has 0 aromatic carbocycles. The number of thiazole rings is 1. The van der Waals surface area contributed by atoms with Crippen molar-refractivity contribution in [3.8, 4) is 0 Å². The maximum Gasteiger partial charge on any atom is 0.340 e. The Kier molecular flexibility index (Phi) is 4.72. The maximum atomic E-state index is 11.7. The monoisotopic (exact) mass is 280 g/mol. The van der Waals surface area contributed by atoms with E-state index in [0.717, 1.165) is 15.7 Å². The van der Waals surface area contributed by atoms with E-state index in [-0.39, 0.29) is 12.6 Å². The molecule has 94 valence electrons. The highest BCUT2D eigenvalue weighted by molar-refractivity contribution is 7.99. The molecule has 2 aromatic rings. The molecule has 4 nitrogen and oxygen atoms in total. The zero-order valence-corrected chi connectivity index (χ0v) is 11.5. The van der Waals surface area contributed by atoms with Crippen LogP contribution in [0.3, 0.4) is 0 Å². The Labute approximate surface area is 113 Å². The molecule has 0 saturated carbocycles. The largest absolute Gasteiger partial charge is 0.456 e. The van der Waals surface area contributed by atoms with Gasteiger partial charge in [-0.1, -0.05) is 6.92 Å². The third kappa shape index (κ3) is 3.54. The second-order valence-corrected chi connectivity index (χ2v) is 5.62. The van der Waals surface area contributed by atoms with Crippen molar-refractivity contribution in [3.63, 3.8) is 0 Å². The number of nitrogens with zero attached hydrogens (tertiary/aromatic N) is 2. The van der Waals surface area contributed by atoms with Crippen LogP contribution >= 0.6 is 23.1 Å². The van der Waals surface area contributed by atoms with Gasteiger partial charge in [0.2, 0.25) is 0 Å². The molecular weight excluding hydrogens is 268 g/mol. The molecule has 0 N–H and O–H groups in total. The first-order valence-electron chi connectivity index (χ1n) is 5.43. The smallest absolute Gasteiger partial charge is 0.340 e. The van der Waals surface area contributed by atoms with Gasteiger partial charge in [0.25, 0.3) is 0 Å². The van der Waals surface area contributed by atoms with E-state index in [9.17, 15) is 4.79 Å². The molecule has 0 radical (unpaired) electrons. The summed E-state index contributed by atoms with van der Waals surface area (Å²) in [6.45, 7) is 2.32. The fourth-order valence-corrected chi connectivity index (χ4v) is 2.36. The van der Waals surface area contributed by atoms with Crippen molar-refractivity contribution in [2.75, 3.05) is 5.75 Å². The van der Waals surface area contributed by atoms with Crippen LogP contribution in [-0.4, -0.2) is 21.7 Å². The molecule has 0 spiro atoms. The normalized spacial score (nSPS) is 10.3. The van der Waals surface area contributed by atoms with Crippen LogP contribution in [0.5, 0.6) is 0 Å². The lowest BCUT2D eigenvalue weighted by Crippen LogP contribution is -2.05. The van der Waals surface area contributed by atoms with Crippen LogP contribution in [-0.2, 0) is 11.3 Å². The summed E-state index contributed by atoms with van der Waals surface area (Å²) in [5.41, 5.74) is 2.18. The van der Waals surface area contributed by atoms with Gasteiger partial charge < -0.3 is 4.74 Å². The van der Waals surface area contributed by atoms with E-state index in [0.29, 0.717) is 5.56 Å². The van der Waals surface area contributed by atoms with Gasteiger partial charge in [-0.05, 0) is 17.9 Å². The number of pyridine rings is 1. The molecule has 2 aromatic heterocycles. The SMILES string of the molecule is CCSc1ccc(C(=O)OCc2cncs2)cn1. The van der Waals surface area contributed by atoms with E-state index >= 15 is 0 Å². The van der Waals surface area contributed by atoms with Crippen molar-refractivity contribution in [1.29, 1.82) is 0 Å². The second kappa shape index (κ2) is 6.51. The Bertz CT molecular complexity index is 497. The van der Waals surface area contributed by atoms with Crippen molar-refractivity contribution < 1.29 is 9.53 Å². The summed E-state index contributed by atoms with van der Waals surface area (Å²) in [5.74, 6) is 0.603. The van der Waals surface area contributed by atoms with Crippen LogP contribution in [0.15, 0.2) is 35.1 Å². The molecule has 2 rings (SSSR count). The van der Waals surface area contributed by atoms with Crippen LogP contribution in [0.25, 0.3) is 0 Å². The number of hydrogen-bond acceptors (Lipinski definition) is 6. The topological polar surface area (TPSA) is 52.1 Å². The molecular formula is C12H12N2O2S2. The van der Waals surface area contributed by atoms with Gasteiger partial charge >= 0.3 is 5.97 Å². The van der Waals surface area contributed by atoms with Crippen LogP contribution in [0.1, 0.15) is 22.2 Å². The first-order valence-corrected chi connectivity index (χ1v) is 7.29. The van der Waals surface area contributed by atoms with Crippen molar-refractivity contribution >= 4 is 29.1 Å². The molecule has 2 heterocycles. The van der Waals surface area contributed by atoms with E-state index in [1.807, 2.05) is 6.07 Å². The molecule has 18 heavy (non-hydrogen) atoms. The van der Waals surface area contributed by atoms with E-state index in [1.54, 1.807) is 35.7 Å². The molecule has 0 saturated heterocycles. The minimum Gasteiger partial charge on any atom is -0.456 e. The zero-order chi connectivity index (χ0) is 12.8. The lowest BCUT2D eigenvalue weighted by molar-refractivity contribution is 0.0476. The fraction of sp³-hybridized carbons (Fsp3) is 0.250. The molecule has 0 bridgehead atoms. The third-order valence-electron chi connectivity index (χ3n) is 2.09. The van der Waals surface area contributed by atoms with Crippen molar-refractivity contribution in [3.05, 3.63) is 40.5 Å². The number of thioether (sulfide) groups is 1. The van der Waals surface area contributed by atoms with E-state index in [4.69, 9.17) is 4.74 Å². The van der Waals surface area contributed by atoms with Gasteiger partial charge in [-0.2, -0.15) is 0 Å². The summed E-state index contributed by atoms with van der Waals surface area (Å²) in [7, 11) is 0. The minimum absolute atomic E-state index is 0.259. The van der Waals surface area contributed by atoms with E-state index in [1.165, 1.54) is 11.3 Å². The predicted molar refractivity (Wildman–Crippen MR) is 71.9 cm³/mol. The van der Waals surface area contributed by atoms with Gasteiger partial charge in [0.1, 0.15) is 6.61 Å². The molecule has 0 fully saturated rings. The standard InChI is InChI=1S/C12H12N2O2S2/c1-2-17-11-4-3-9(5-14-11)12(15)16-7-10-6-13-8-18-10/h3-6,8H,2,7H2,1H3. The molecule has 0 aliphatic heterocycles. The Morgan fingerprint density at radius 3 is 2.94 bits per heavy atom. The highest BCUT2D eigenvalue weighted by atomic mass is 32.2. The zero-order valence-electron chi connectivity index (χ0n) is 9.83. The first kappa shape index (κ1) is 13.0. The number of rotatable bonds is 5. The highest BCUT2D eigenvalue weighted by Gasteiger charge is 2.08. The predicted octanol–water partition coefficient (Wildman–Crippen LogP) is 3.01. The Hall–Kier alpha value is -1.40. The van der Waals surface area contributed by atoms with Gasteiger partial charge in [0.15, 0.2) is 0 Å². The van der Waals surface area contributed by atoms with Gasteiger partial charge in [0.05, 0.1) is 21.0 Å². The summed E-state index contributed by atoms with van der Waals surface area (Å²) in [6, 6.07) is 3.57. The Morgan fingerprint density at radius 1 is 1.44 bits per heavy atom. The van der Waals surface area contributed by atoms with Crippen LogP contribution in [0.4, 0.5) is 0 Å². The summed E-state index contributed by atoms with van der Waals surface area (Å²) >= 11 is 3.10. The average molecular weight is 280 g/mol. The van der Waals surface area contributed by atoms with Crippen molar-refractivity contribution in [2.24, 2.45) is 0 Å². The van der Waals surface area contributed by atoms with E-state index in [2.05, 4.69) is 16.9 Å².